The number of ether oxygens (including phenoxy) is 2. The first-order valence-corrected chi connectivity index (χ1v) is 6.81. The van der Waals surface area contributed by atoms with Crippen LogP contribution in [0.15, 0.2) is 48.5 Å². The van der Waals surface area contributed by atoms with E-state index in [1.54, 1.807) is 0 Å². The maximum atomic E-state index is 5.86. The highest BCUT2D eigenvalue weighted by molar-refractivity contribution is 5.37. The van der Waals surface area contributed by atoms with Gasteiger partial charge in [0, 0.05) is 6.42 Å². The molecule has 0 saturated heterocycles. The van der Waals surface area contributed by atoms with E-state index in [0.717, 1.165) is 24.3 Å². The Bertz CT molecular complexity index is 538. The summed E-state index contributed by atoms with van der Waals surface area (Å²) in [4.78, 5) is 0. The standard InChI is InChI=1S/C17H18O2/c1-2-13-6-5-8-15(10-13)18-12-16-11-14-7-3-4-9-17(14)19-16/h3-10,16H,2,11-12H2,1H3. The molecule has 0 aliphatic carbocycles. The molecule has 0 spiro atoms. The third kappa shape index (κ3) is 2.73. The van der Waals surface area contributed by atoms with E-state index in [-0.39, 0.29) is 6.10 Å². The fourth-order valence-corrected chi connectivity index (χ4v) is 2.39. The van der Waals surface area contributed by atoms with Crippen LogP contribution >= 0.6 is 0 Å². The maximum absolute atomic E-state index is 5.86. The lowest BCUT2D eigenvalue weighted by atomic mass is 10.1. The SMILES string of the molecule is CCc1cccc(OCC2Cc3ccccc3O2)c1. The average molecular weight is 254 g/mol. The van der Waals surface area contributed by atoms with Crippen molar-refractivity contribution in [2.75, 3.05) is 6.61 Å². The molecule has 0 bridgehead atoms. The molecule has 1 unspecified atom stereocenters. The molecular weight excluding hydrogens is 236 g/mol. The number of para-hydroxylation sites is 1. The zero-order valence-electron chi connectivity index (χ0n) is 11.1. The molecule has 0 aromatic heterocycles. The highest BCUT2D eigenvalue weighted by Crippen LogP contribution is 2.28. The Kier molecular flexibility index (Phi) is 3.41. The van der Waals surface area contributed by atoms with Gasteiger partial charge in [-0.1, -0.05) is 37.3 Å². The van der Waals surface area contributed by atoms with E-state index >= 15 is 0 Å². The van der Waals surface area contributed by atoms with Crippen LogP contribution in [0.3, 0.4) is 0 Å². The summed E-state index contributed by atoms with van der Waals surface area (Å²) >= 11 is 0. The lowest BCUT2D eigenvalue weighted by Crippen LogP contribution is -2.22. The molecular formula is C17H18O2. The van der Waals surface area contributed by atoms with E-state index in [0.29, 0.717) is 6.61 Å². The van der Waals surface area contributed by atoms with Gasteiger partial charge in [-0.25, -0.2) is 0 Å². The fraction of sp³-hybridized carbons (Fsp3) is 0.294. The molecule has 98 valence electrons. The van der Waals surface area contributed by atoms with E-state index in [2.05, 4.69) is 31.2 Å². The summed E-state index contributed by atoms with van der Waals surface area (Å²) in [7, 11) is 0. The Hall–Kier alpha value is -1.96. The normalized spacial score (nSPS) is 16.8. The zero-order chi connectivity index (χ0) is 13.1. The molecule has 2 nitrogen and oxygen atoms in total. The van der Waals surface area contributed by atoms with Gasteiger partial charge < -0.3 is 9.47 Å². The second-order valence-corrected chi connectivity index (χ2v) is 4.86. The van der Waals surface area contributed by atoms with E-state index in [4.69, 9.17) is 9.47 Å². The van der Waals surface area contributed by atoms with Gasteiger partial charge in [-0.15, -0.1) is 0 Å². The Morgan fingerprint density at radius 2 is 2.05 bits per heavy atom. The monoisotopic (exact) mass is 254 g/mol. The molecule has 3 rings (SSSR count). The van der Waals surface area contributed by atoms with Gasteiger partial charge in [0.25, 0.3) is 0 Å². The van der Waals surface area contributed by atoms with E-state index in [9.17, 15) is 0 Å². The molecule has 2 aromatic carbocycles. The van der Waals surface area contributed by atoms with Gasteiger partial charge in [0.1, 0.15) is 24.2 Å². The number of benzene rings is 2. The Balaban J connectivity index is 1.59. The van der Waals surface area contributed by atoms with Crippen LogP contribution in [0.25, 0.3) is 0 Å². The summed E-state index contributed by atoms with van der Waals surface area (Å²) in [6, 6.07) is 16.5. The van der Waals surface area contributed by atoms with Gasteiger partial charge in [-0.2, -0.15) is 0 Å². The molecule has 1 aliphatic rings. The van der Waals surface area contributed by atoms with Crippen molar-refractivity contribution in [3.63, 3.8) is 0 Å². The van der Waals surface area contributed by atoms with Crippen molar-refractivity contribution in [1.82, 2.24) is 0 Å². The van der Waals surface area contributed by atoms with Crippen LogP contribution in [0, 0.1) is 0 Å². The molecule has 1 aliphatic heterocycles. The van der Waals surface area contributed by atoms with Crippen molar-refractivity contribution >= 4 is 0 Å². The molecule has 2 heteroatoms. The Morgan fingerprint density at radius 3 is 2.89 bits per heavy atom. The molecule has 0 fully saturated rings. The summed E-state index contributed by atoms with van der Waals surface area (Å²) in [5.74, 6) is 1.93. The van der Waals surface area contributed by atoms with Crippen molar-refractivity contribution < 1.29 is 9.47 Å². The topological polar surface area (TPSA) is 18.5 Å². The third-order valence-corrected chi connectivity index (χ3v) is 3.46. The summed E-state index contributed by atoms with van der Waals surface area (Å²) < 4.78 is 11.7. The fourth-order valence-electron chi connectivity index (χ4n) is 2.39. The van der Waals surface area contributed by atoms with E-state index < -0.39 is 0 Å². The second kappa shape index (κ2) is 5.35. The minimum absolute atomic E-state index is 0.127. The van der Waals surface area contributed by atoms with Crippen LogP contribution in [0.4, 0.5) is 0 Å². The first-order valence-electron chi connectivity index (χ1n) is 6.81. The van der Waals surface area contributed by atoms with Crippen molar-refractivity contribution in [2.24, 2.45) is 0 Å². The highest BCUT2D eigenvalue weighted by atomic mass is 16.5. The quantitative estimate of drug-likeness (QED) is 0.829. The molecule has 0 radical (unpaired) electrons. The first-order chi connectivity index (χ1) is 9.35. The maximum Gasteiger partial charge on any atom is 0.137 e. The van der Waals surface area contributed by atoms with Gasteiger partial charge in [-0.05, 0) is 35.7 Å². The lowest BCUT2D eigenvalue weighted by Gasteiger charge is -2.13. The molecule has 2 aromatic rings. The van der Waals surface area contributed by atoms with Gasteiger partial charge >= 0.3 is 0 Å². The summed E-state index contributed by atoms with van der Waals surface area (Å²) in [5, 5.41) is 0. The molecule has 1 atom stereocenters. The molecule has 19 heavy (non-hydrogen) atoms. The molecule has 0 amide bonds. The van der Waals surface area contributed by atoms with Gasteiger partial charge in [-0.3, -0.25) is 0 Å². The highest BCUT2D eigenvalue weighted by Gasteiger charge is 2.22. The van der Waals surface area contributed by atoms with E-state index in [1.165, 1.54) is 11.1 Å². The van der Waals surface area contributed by atoms with Crippen molar-refractivity contribution in [1.29, 1.82) is 0 Å². The van der Waals surface area contributed by atoms with Crippen molar-refractivity contribution in [3.05, 3.63) is 59.7 Å². The zero-order valence-corrected chi connectivity index (χ0v) is 11.1. The van der Waals surface area contributed by atoms with Gasteiger partial charge in [0.2, 0.25) is 0 Å². The van der Waals surface area contributed by atoms with Crippen LogP contribution in [-0.4, -0.2) is 12.7 Å². The lowest BCUT2D eigenvalue weighted by molar-refractivity contribution is 0.148. The summed E-state index contributed by atoms with van der Waals surface area (Å²) in [5.41, 5.74) is 2.58. The van der Waals surface area contributed by atoms with Crippen LogP contribution in [0.1, 0.15) is 18.1 Å². The molecule has 0 N–H and O–H groups in total. The predicted molar refractivity (Wildman–Crippen MR) is 75.9 cm³/mol. The third-order valence-electron chi connectivity index (χ3n) is 3.46. The minimum Gasteiger partial charge on any atom is -0.490 e. The number of hydrogen-bond acceptors (Lipinski definition) is 2. The number of aryl methyl sites for hydroxylation is 1. The van der Waals surface area contributed by atoms with Crippen LogP contribution in [0.5, 0.6) is 11.5 Å². The number of fused-ring (bicyclic) bond motifs is 1. The van der Waals surface area contributed by atoms with Gasteiger partial charge in [0.15, 0.2) is 0 Å². The number of rotatable bonds is 4. The van der Waals surface area contributed by atoms with Gasteiger partial charge in [0.05, 0.1) is 0 Å². The first kappa shape index (κ1) is 12.1. The summed E-state index contributed by atoms with van der Waals surface area (Å²) in [6.07, 6.45) is 2.09. The van der Waals surface area contributed by atoms with Crippen LogP contribution < -0.4 is 9.47 Å². The van der Waals surface area contributed by atoms with Crippen LogP contribution in [0.2, 0.25) is 0 Å². The van der Waals surface area contributed by atoms with Crippen molar-refractivity contribution in [3.8, 4) is 11.5 Å². The Labute approximate surface area is 114 Å². The van der Waals surface area contributed by atoms with Crippen molar-refractivity contribution in [2.45, 2.75) is 25.9 Å². The summed E-state index contributed by atoms with van der Waals surface area (Å²) in [6.45, 7) is 2.75. The smallest absolute Gasteiger partial charge is 0.137 e. The predicted octanol–water partition coefficient (Wildman–Crippen LogP) is 3.63. The van der Waals surface area contributed by atoms with E-state index in [1.807, 2.05) is 24.3 Å². The molecule has 1 heterocycles. The molecule has 0 saturated carbocycles. The Morgan fingerprint density at radius 1 is 1.16 bits per heavy atom. The average Bonchev–Trinajstić information content (AvgIpc) is 2.88. The number of hydrogen-bond donors (Lipinski definition) is 0. The largest absolute Gasteiger partial charge is 0.490 e. The minimum atomic E-state index is 0.127. The van der Waals surface area contributed by atoms with Crippen LogP contribution in [-0.2, 0) is 12.8 Å². The second-order valence-electron chi connectivity index (χ2n) is 4.86.